The smallest absolute Gasteiger partial charge is 0.0575 e. The van der Waals surface area contributed by atoms with Gasteiger partial charge in [0.25, 0.3) is 0 Å². The molecule has 1 aromatic heterocycles. The zero-order valence-corrected chi connectivity index (χ0v) is 12.3. The molecule has 102 valence electrons. The van der Waals surface area contributed by atoms with Crippen LogP contribution >= 0.6 is 0 Å². The van der Waals surface area contributed by atoms with Gasteiger partial charge in [-0.05, 0) is 44.4 Å². The maximum absolute atomic E-state index is 4.35. The normalized spacial score (nSPS) is 10.7. The zero-order valence-electron chi connectivity index (χ0n) is 12.3. The Hall–Kier alpha value is -1.77. The maximum Gasteiger partial charge on any atom is 0.0575 e. The highest BCUT2D eigenvalue weighted by atomic mass is 15.3. The minimum Gasteiger partial charge on any atom is -0.379 e. The fourth-order valence-corrected chi connectivity index (χ4v) is 2.56. The van der Waals surface area contributed by atoms with Crippen LogP contribution in [0.5, 0.6) is 0 Å². The Morgan fingerprint density at radius 2 is 1.84 bits per heavy atom. The first kappa shape index (κ1) is 13.7. The average molecular weight is 257 g/mol. The third-order valence-electron chi connectivity index (χ3n) is 3.36. The number of aromatic nitrogens is 2. The zero-order chi connectivity index (χ0) is 13.8. The SMILES string of the molecule is CCCn1nccc1CNc1c(C)cc(C)cc1C. The van der Waals surface area contributed by atoms with Crippen LogP contribution in [0.2, 0.25) is 0 Å². The lowest BCUT2D eigenvalue weighted by molar-refractivity contribution is 0.578. The summed E-state index contributed by atoms with van der Waals surface area (Å²) in [6.45, 7) is 10.4. The summed E-state index contributed by atoms with van der Waals surface area (Å²) in [4.78, 5) is 0. The van der Waals surface area contributed by atoms with Crippen molar-refractivity contribution in [1.29, 1.82) is 0 Å². The Balaban J connectivity index is 2.12. The van der Waals surface area contributed by atoms with Gasteiger partial charge in [0.2, 0.25) is 0 Å². The molecular formula is C16H23N3. The topological polar surface area (TPSA) is 29.9 Å². The Morgan fingerprint density at radius 3 is 2.47 bits per heavy atom. The summed E-state index contributed by atoms with van der Waals surface area (Å²) in [5.41, 5.74) is 6.41. The molecule has 2 rings (SSSR count). The summed E-state index contributed by atoms with van der Waals surface area (Å²) in [7, 11) is 0. The minimum absolute atomic E-state index is 0.824. The molecule has 0 amide bonds. The number of anilines is 1. The third-order valence-corrected chi connectivity index (χ3v) is 3.36. The maximum atomic E-state index is 4.35. The second kappa shape index (κ2) is 5.91. The summed E-state index contributed by atoms with van der Waals surface area (Å²) in [5.74, 6) is 0. The van der Waals surface area contributed by atoms with Crippen molar-refractivity contribution in [3.8, 4) is 0 Å². The lowest BCUT2D eigenvalue weighted by Gasteiger charge is -2.14. The second-order valence-electron chi connectivity index (χ2n) is 5.17. The molecule has 0 aliphatic heterocycles. The van der Waals surface area contributed by atoms with E-state index in [0.29, 0.717) is 0 Å². The van der Waals surface area contributed by atoms with Crippen LogP contribution in [0.3, 0.4) is 0 Å². The van der Waals surface area contributed by atoms with Gasteiger partial charge in [0, 0.05) is 18.4 Å². The van der Waals surface area contributed by atoms with Crippen LogP contribution in [-0.2, 0) is 13.1 Å². The molecule has 0 bridgehead atoms. The van der Waals surface area contributed by atoms with Gasteiger partial charge >= 0.3 is 0 Å². The molecule has 2 aromatic rings. The van der Waals surface area contributed by atoms with Crippen LogP contribution in [0.25, 0.3) is 0 Å². The van der Waals surface area contributed by atoms with E-state index in [1.165, 1.54) is 28.1 Å². The van der Waals surface area contributed by atoms with Crippen molar-refractivity contribution in [2.45, 2.75) is 47.2 Å². The number of hydrogen-bond acceptors (Lipinski definition) is 2. The van der Waals surface area contributed by atoms with Gasteiger partial charge < -0.3 is 5.32 Å². The Labute approximate surface area is 115 Å². The second-order valence-corrected chi connectivity index (χ2v) is 5.17. The number of aryl methyl sites for hydroxylation is 4. The lowest BCUT2D eigenvalue weighted by Crippen LogP contribution is -2.10. The van der Waals surface area contributed by atoms with Gasteiger partial charge in [0.15, 0.2) is 0 Å². The molecule has 1 aromatic carbocycles. The van der Waals surface area contributed by atoms with E-state index >= 15 is 0 Å². The molecule has 0 fully saturated rings. The first-order chi connectivity index (χ1) is 9.11. The first-order valence-corrected chi connectivity index (χ1v) is 6.94. The highest BCUT2D eigenvalue weighted by Gasteiger charge is 2.06. The summed E-state index contributed by atoms with van der Waals surface area (Å²) in [5, 5.41) is 7.90. The van der Waals surface area contributed by atoms with E-state index < -0.39 is 0 Å². The summed E-state index contributed by atoms with van der Waals surface area (Å²) in [6.07, 6.45) is 2.98. The molecule has 0 spiro atoms. The molecule has 3 nitrogen and oxygen atoms in total. The van der Waals surface area contributed by atoms with Gasteiger partial charge in [0.05, 0.1) is 12.2 Å². The van der Waals surface area contributed by atoms with Crippen molar-refractivity contribution in [3.63, 3.8) is 0 Å². The van der Waals surface area contributed by atoms with Gasteiger partial charge in [-0.1, -0.05) is 24.6 Å². The van der Waals surface area contributed by atoms with Crippen molar-refractivity contribution in [2.75, 3.05) is 5.32 Å². The summed E-state index contributed by atoms with van der Waals surface area (Å²) < 4.78 is 2.08. The summed E-state index contributed by atoms with van der Waals surface area (Å²) >= 11 is 0. The molecule has 0 saturated heterocycles. The number of hydrogen-bond donors (Lipinski definition) is 1. The van der Waals surface area contributed by atoms with E-state index in [-0.39, 0.29) is 0 Å². The quantitative estimate of drug-likeness (QED) is 0.882. The molecule has 0 aliphatic carbocycles. The predicted molar refractivity (Wildman–Crippen MR) is 80.5 cm³/mol. The highest BCUT2D eigenvalue weighted by molar-refractivity contribution is 5.58. The fourth-order valence-electron chi connectivity index (χ4n) is 2.56. The Bertz CT molecular complexity index is 532. The van der Waals surface area contributed by atoms with Gasteiger partial charge in [-0.15, -0.1) is 0 Å². The van der Waals surface area contributed by atoms with Crippen LogP contribution < -0.4 is 5.32 Å². The molecule has 0 unspecified atom stereocenters. The molecular weight excluding hydrogens is 234 g/mol. The molecule has 19 heavy (non-hydrogen) atoms. The standard InChI is InChI=1S/C16H23N3/c1-5-8-19-15(6-7-18-19)11-17-16-13(3)9-12(2)10-14(16)4/h6-7,9-10,17H,5,8,11H2,1-4H3. The van der Waals surface area contributed by atoms with E-state index in [1.54, 1.807) is 0 Å². The van der Waals surface area contributed by atoms with E-state index in [0.717, 1.165) is 19.5 Å². The molecule has 0 radical (unpaired) electrons. The number of benzene rings is 1. The van der Waals surface area contributed by atoms with Gasteiger partial charge in [-0.25, -0.2) is 0 Å². The predicted octanol–water partition coefficient (Wildman–Crippen LogP) is 3.83. The van der Waals surface area contributed by atoms with Gasteiger partial charge in [-0.3, -0.25) is 4.68 Å². The minimum atomic E-state index is 0.824. The molecule has 0 aliphatic rings. The van der Waals surface area contributed by atoms with Crippen LogP contribution in [-0.4, -0.2) is 9.78 Å². The average Bonchev–Trinajstić information content (AvgIpc) is 2.76. The van der Waals surface area contributed by atoms with Crippen LogP contribution in [0.1, 0.15) is 35.7 Å². The lowest BCUT2D eigenvalue weighted by atomic mass is 10.1. The van der Waals surface area contributed by atoms with Crippen LogP contribution in [0, 0.1) is 20.8 Å². The first-order valence-electron chi connectivity index (χ1n) is 6.94. The van der Waals surface area contributed by atoms with Crippen molar-refractivity contribution in [2.24, 2.45) is 0 Å². The molecule has 1 heterocycles. The third kappa shape index (κ3) is 3.16. The Morgan fingerprint density at radius 1 is 1.16 bits per heavy atom. The summed E-state index contributed by atoms with van der Waals surface area (Å²) in [6, 6.07) is 6.53. The molecule has 3 heteroatoms. The molecule has 1 N–H and O–H groups in total. The van der Waals surface area contributed by atoms with Gasteiger partial charge in [0.1, 0.15) is 0 Å². The van der Waals surface area contributed by atoms with E-state index in [4.69, 9.17) is 0 Å². The van der Waals surface area contributed by atoms with E-state index in [1.807, 2.05) is 6.20 Å². The number of nitrogens with zero attached hydrogens (tertiary/aromatic N) is 2. The largest absolute Gasteiger partial charge is 0.379 e. The Kier molecular flexibility index (Phi) is 4.25. The van der Waals surface area contributed by atoms with Crippen molar-refractivity contribution in [1.82, 2.24) is 9.78 Å². The van der Waals surface area contributed by atoms with Gasteiger partial charge in [-0.2, -0.15) is 5.10 Å². The number of nitrogens with one attached hydrogen (secondary N) is 1. The van der Waals surface area contributed by atoms with E-state index in [2.05, 4.69) is 61.0 Å². The number of rotatable bonds is 5. The van der Waals surface area contributed by atoms with Crippen molar-refractivity contribution < 1.29 is 0 Å². The monoisotopic (exact) mass is 257 g/mol. The highest BCUT2D eigenvalue weighted by Crippen LogP contribution is 2.22. The fraction of sp³-hybridized carbons (Fsp3) is 0.438. The van der Waals surface area contributed by atoms with Crippen molar-refractivity contribution in [3.05, 3.63) is 46.8 Å². The molecule has 0 saturated carbocycles. The van der Waals surface area contributed by atoms with Crippen LogP contribution in [0.15, 0.2) is 24.4 Å². The molecule has 0 atom stereocenters. The van der Waals surface area contributed by atoms with E-state index in [9.17, 15) is 0 Å². The van der Waals surface area contributed by atoms with Crippen molar-refractivity contribution >= 4 is 5.69 Å². The van der Waals surface area contributed by atoms with Crippen LogP contribution in [0.4, 0.5) is 5.69 Å².